The van der Waals surface area contributed by atoms with Gasteiger partial charge >= 0.3 is 5.97 Å². The molecule has 1 rings (SSSR count). The summed E-state index contributed by atoms with van der Waals surface area (Å²) in [5.41, 5.74) is -1.17. The Bertz CT molecular complexity index is 618. The largest absolute Gasteiger partial charge is 0.467 e. The van der Waals surface area contributed by atoms with Crippen molar-refractivity contribution in [3.63, 3.8) is 0 Å². The summed E-state index contributed by atoms with van der Waals surface area (Å²) < 4.78 is 4.58. The molecule has 0 aliphatic rings. The number of aliphatic hydroxyl groups excluding tert-OH is 1. The van der Waals surface area contributed by atoms with E-state index in [1.165, 1.54) is 0 Å². The fourth-order valence-corrected chi connectivity index (χ4v) is 1.87. The van der Waals surface area contributed by atoms with Crippen molar-refractivity contribution >= 4 is 23.0 Å². The first-order chi connectivity index (χ1) is 10.7. The number of carbonyl (C=O) groups is 1. The number of hydrogen-bond acceptors (Lipinski definition) is 8. The highest BCUT2D eigenvalue weighted by Crippen LogP contribution is 2.30. The summed E-state index contributed by atoms with van der Waals surface area (Å²) in [7, 11) is 1.12. The van der Waals surface area contributed by atoms with Crippen LogP contribution in [0.3, 0.4) is 0 Å². The number of anilines is 1. The van der Waals surface area contributed by atoms with E-state index < -0.39 is 39.3 Å². The molecule has 0 aromatic heterocycles. The van der Waals surface area contributed by atoms with Gasteiger partial charge in [0.05, 0.1) is 29.1 Å². The smallest absolute Gasteiger partial charge is 0.331 e. The molecule has 23 heavy (non-hydrogen) atoms. The van der Waals surface area contributed by atoms with Gasteiger partial charge < -0.3 is 15.2 Å². The van der Waals surface area contributed by atoms with Crippen LogP contribution in [0.15, 0.2) is 18.2 Å². The summed E-state index contributed by atoms with van der Waals surface area (Å²) in [5, 5.41) is 34.4. The van der Waals surface area contributed by atoms with Gasteiger partial charge in [0.2, 0.25) is 0 Å². The van der Waals surface area contributed by atoms with Crippen molar-refractivity contribution in [1.82, 2.24) is 0 Å². The molecule has 0 saturated carbocycles. The van der Waals surface area contributed by atoms with Crippen LogP contribution in [0.5, 0.6) is 0 Å². The Hall–Kier alpha value is -2.75. The molecular weight excluding hydrogens is 310 g/mol. The SMILES string of the molecule is COC(=O)[C@H](Nc1ccc([N+](=O)[O-])cc1[N+](=O)[O-])[C@H](O)C(C)C. The van der Waals surface area contributed by atoms with E-state index in [0.717, 1.165) is 25.3 Å². The normalized spacial score (nSPS) is 13.3. The second-order valence-electron chi connectivity index (χ2n) is 5.10. The van der Waals surface area contributed by atoms with Crippen LogP contribution in [0.25, 0.3) is 0 Å². The van der Waals surface area contributed by atoms with E-state index in [9.17, 15) is 30.1 Å². The first-order valence-electron chi connectivity index (χ1n) is 6.64. The first-order valence-corrected chi connectivity index (χ1v) is 6.64. The van der Waals surface area contributed by atoms with Crippen LogP contribution in [0, 0.1) is 26.1 Å². The Morgan fingerprint density at radius 3 is 2.30 bits per heavy atom. The van der Waals surface area contributed by atoms with Crippen LogP contribution in [0.4, 0.5) is 17.1 Å². The molecule has 0 bridgehead atoms. The number of rotatable bonds is 7. The van der Waals surface area contributed by atoms with Gasteiger partial charge in [0, 0.05) is 6.07 Å². The zero-order valence-corrected chi connectivity index (χ0v) is 12.8. The third-order valence-corrected chi connectivity index (χ3v) is 3.18. The van der Waals surface area contributed by atoms with E-state index in [2.05, 4.69) is 10.1 Å². The number of esters is 1. The first kappa shape index (κ1) is 18.3. The molecule has 0 heterocycles. The summed E-state index contributed by atoms with van der Waals surface area (Å²) in [6.45, 7) is 3.32. The van der Waals surface area contributed by atoms with Crippen molar-refractivity contribution in [2.45, 2.75) is 26.0 Å². The molecule has 1 aromatic rings. The minimum Gasteiger partial charge on any atom is -0.467 e. The molecule has 0 fully saturated rings. The molecule has 0 aliphatic heterocycles. The van der Waals surface area contributed by atoms with Gasteiger partial charge in [-0.15, -0.1) is 0 Å². The quantitative estimate of drug-likeness (QED) is 0.435. The second-order valence-corrected chi connectivity index (χ2v) is 5.10. The maximum atomic E-state index is 11.8. The molecule has 10 nitrogen and oxygen atoms in total. The number of carbonyl (C=O) groups excluding carboxylic acids is 1. The lowest BCUT2D eigenvalue weighted by Gasteiger charge is -2.25. The molecule has 0 unspecified atom stereocenters. The zero-order chi connectivity index (χ0) is 17.7. The number of benzene rings is 1. The third-order valence-electron chi connectivity index (χ3n) is 3.18. The lowest BCUT2D eigenvalue weighted by Crippen LogP contribution is -2.44. The zero-order valence-electron chi connectivity index (χ0n) is 12.8. The van der Waals surface area contributed by atoms with Crippen LogP contribution in [0.1, 0.15) is 13.8 Å². The number of nitro groups is 2. The standard InChI is InChI=1S/C13H17N3O7/c1-7(2)12(17)11(13(18)23-3)14-9-5-4-8(15(19)20)6-10(9)16(21)22/h4-7,11-12,14,17H,1-3H3/t11-,12-/m1/s1. The number of nitro benzene ring substituents is 2. The summed E-state index contributed by atoms with van der Waals surface area (Å²) >= 11 is 0. The van der Waals surface area contributed by atoms with Gasteiger partial charge in [-0.2, -0.15) is 0 Å². The van der Waals surface area contributed by atoms with Crippen molar-refractivity contribution in [2.24, 2.45) is 5.92 Å². The Labute approximate surface area is 131 Å². The number of ether oxygens (including phenoxy) is 1. The molecule has 1 aromatic carbocycles. The van der Waals surface area contributed by atoms with Gasteiger partial charge in [-0.25, -0.2) is 4.79 Å². The maximum absolute atomic E-state index is 11.8. The number of aliphatic hydroxyl groups is 1. The molecule has 2 N–H and O–H groups in total. The topological polar surface area (TPSA) is 145 Å². The van der Waals surface area contributed by atoms with Crippen LogP contribution in [0.2, 0.25) is 0 Å². The van der Waals surface area contributed by atoms with E-state index >= 15 is 0 Å². The molecular formula is C13H17N3O7. The Morgan fingerprint density at radius 1 is 1.26 bits per heavy atom. The van der Waals surface area contributed by atoms with Crippen molar-refractivity contribution in [2.75, 3.05) is 12.4 Å². The van der Waals surface area contributed by atoms with Gasteiger partial charge in [0.15, 0.2) is 6.04 Å². The molecule has 0 aliphatic carbocycles. The molecule has 0 saturated heterocycles. The number of nitrogens with zero attached hydrogens (tertiary/aromatic N) is 2. The molecule has 126 valence electrons. The monoisotopic (exact) mass is 327 g/mol. The van der Waals surface area contributed by atoms with Crippen molar-refractivity contribution < 1.29 is 24.5 Å². The van der Waals surface area contributed by atoms with E-state index in [1.807, 2.05) is 0 Å². The van der Waals surface area contributed by atoms with E-state index in [0.29, 0.717) is 0 Å². The summed E-state index contributed by atoms with van der Waals surface area (Å²) in [5.74, 6) is -1.14. The predicted molar refractivity (Wildman–Crippen MR) is 80.0 cm³/mol. The predicted octanol–water partition coefficient (Wildman–Crippen LogP) is 1.47. The maximum Gasteiger partial charge on any atom is 0.331 e. The van der Waals surface area contributed by atoms with E-state index in [4.69, 9.17) is 0 Å². The van der Waals surface area contributed by atoms with Gasteiger partial charge in [-0.1, -0.05) is 13.8 Å². The van der Waals surface area contributed by atoms with E-state index in [-0.39, 0.29) is 11.6 Å². The van der Waals surface area contributed by atoms with Crippen LogP contribution in [-0.2, 0) is 9.53 Å². The van der Waals surface area contributed by atoms with E-state index in [1.54, 1.807) is 13.8 Å². The van der Waals surface area contributed by atoms with Crippen molar-refractivity contribution in [1.29, 1.82) is 0 Å². The van der Waals surface area contributed by atoms with Crippen LogP contribution < -0.4 is 5.32 Å². The number of non-ortho nitro benzene ring substituents is 1. The Balaban J connectivity index is 3.24. The highest BCUT2D eigenvalue weighted by molar-refractivity contribution is 5.81. The lowest BCUT2D eigenvalue weighted by atomic mass is 9.99. The second kappa shape index (κ2) is 7.49. The highest BCUT2D eigenvalue weighted by Gasteiger charge is 2.32. The van der Waals surface area contributed by atoms with Gasteiger partial charge in [-0.3, -0.25) is 20.2 Å². The Morgan fingerprint density at radius 2 is 1.87 bits per heavy atom. The molecule has 0 radical (unpaired) electrons. The van der Waals surface area contributed by atoms with Gasteiger partial charge in [-0.05, 0) is 12.0 Å². The third kappa shape index (κ3) is 4.36. The molecule has 0 amide bonds. The number of methoxy groups -OCH3 is 1. The minimum absolute atomic E-state index is 0.129. The minimum atomic E-state index is -1.25. The van der Waals surface area contributed by atoms with Crippen molar-refractivity contribution in [3.05, 3.63) is 38.4 Å². The molecule has 0 spiro atoms. The summed E-state index contributed by atoms with van der Waals surface area (Å²) in [4.78, 5) is 32.0. The van der Waals surface area contributed by atoms with Gasteiger partial charge in [0.25, 0.3) is 11.4 Å². The van der Waals surface area contributed by atoms with Crippen LogP contribution in [-0.4, -0.2) is 40.2 Å². The summed E-state index contributed by atoms with van der Waals surface area (Å²) in [6, 6.07) is 1.70. The lowest BCUT2D eigenvalue weighted by molar-refractivity contribution is -0.393. The fourth-order valence-electron chi connectivity index (χ4n) is 1.87. The average Bonchev–Trinajstić information content (AvgIpc) is 2.50. The molecule has 2 atom stereocenters. The summed E-state index contributed by atoms with van der Waals surface area (Å²) in [6.07, 6.45) is -1.17. The van der Waals surface area contributed by atoms with Crippen molar-refractivity contribution in [3.8, 4) is 0 Å². The highest BCUT2D eigenvalue weighted by atomic mass is 16.6. The number of nitrogens with one attached hydrogen (secondary N) is 1. The average molecular weight is 327 g/mol. The van der Waals surface area contributed by atoms with Gasteiger partial charge in [0.1, 0.15) is 5.69 Å². The Kier molecular flexibility index (Phi) is 5.96. The fraction of sp³-hybridized carbons (Fsp3) is 0.462. The van der Waals surface area contributed by atoms with Crippen LogP contribution >= 0.6 is 0 Å². The molecule has 10 heteroatoms. The number of hydrogen-bond donors (Lipinski definition) is 2.